The minimum Gasteiger partial charge on any atom is -0.508 e. The van der Waals surface area contributed by atoms with Crippen LogP contribution in [0.15, 0.2) is 18.2 Å². The fraction of sp³-hybridized carbons (Fsp3) is 0.481. The summed E-state index contributed by atoms with van der Waals surface area (Å²) in [7, 11) is 1.30. The zero-order valence-electron chi connectivity index (χ0n) is 21.4. The number of ether oxygens (including phenoxy) is 5. The smallest absolute Gasteiger partial charge is 0.208 e. The Labute approximate surface area is 227 Å². The number of fused-ring (bicyclic) bond motifs is 6. The van der Waals surface area contributed by atoms with Crippen LogP contribution in [0.1, 0.15) is 63.3 Å². The van der Waals surface area contributed by atoms with Crippen molar-refractivity contribution in [1.82, 2.24) is 0 Å². The van der Waals surface area contributed by atoms with Crippen LogP contribution in [0.4, 0.5) is 0 Å². The van der Waals surface area contributed by atoms with Crippen molar-refractivity contribution in [3.05, 3.63) is 46.0 Å². The summed E-state index contributed by atoms with van der Waals surface area (Å²) in [4.78, 5) is 26.8. The molecule has 6 N–H and O–H groups in total. The highest BCUT2D eigenvalue weighted by Gasteiger charge is 2.53. The van der Waals surface area contributed by atoms with Crippen LogP contribution in [0, 0.1) is 0 Å². The molecule has 0 aromatic heterocycles. The van der Waals surface area contributed by atoms with Gasteiger partial charge in [0.05, 0.1) is 29.4 Å². The van der Waals surface area contributed by atoms with Gasteiger partial charge in [0.2, 0.25) is 11.6 Å². The van der Waals surface area contributed by atoms with E-state index in [4.69, 9.17) is 23.7 Å². The lowest BCUT2D eigenvalue weighted by atomic mass is 9.80. The van der Waals surface area contributed by atoms with Crippen LogP contribution in [-0.2, 0) is 18.9 Å². The van der Waals surface area contributed by atoms with Crippen molar-refractivity contribution in [3.63, 3.8) is 0 Å². The molecule has 0 saturated carbocycles. The summed E-state index contributed by atoms with van der Waals surface area (Å²) in [5, 5.41) is 62.5. The quantitative estimate of drug-likeness (QED) is 0.256. The molecule has 2 saturated heterocycles. The number of carbonyl (C=O) groups is 2. The summed E-state index contributed by atoms with van der Waals surface area (Å²) < 4.78 is 29.0. The molecule has 0 spiro atoms. The number of rotatable bonds is 4. The predicted molar refractivity (Wildman–Crippen MR) is 130 cm³/mol. The number of methoxy groups -OCH3 is 1. The molecule has 3 heterocycles. The zero-order valence-corrected chi connectivity index (χ0v) is 21.4. The Morgan fingerprint density at radius 2 is 1.75 bits per heavy atom. The molecular formula is C27H28O13. The van der Waals surface area contributed by atoms with Gasteiger partial charge in [0.1, 0.15) is 53.5 Å². The van der Waals surface area contributed by atoms with Crippen molar-refractivity contribution < 1.29 is 63.9 Å². The molecule has 4 aliphatic rings. The van der Waals surface area contributed by atoms with Gasteiger partial charge in [-0.3, -0.25) is 9.59 Å². The summed E-state index contributed by atoms with van der Waals surface area (Å²) in [6.45, 7) is 1.14. The van der Waals surface area contributed by atoms with E-state index in [-0.39, 0.29) is 40.0 Å². The molecular weight excluding hydrogens is 532 g/mol. The first kappa shape index (κ1) is 26.9. The molecule has 1 aliphatic carbocycles. The normalized spacial score (nSPS) is 34.5. The Kier molecular flexibility index (Phi) is 6.31. The first-order valence-electron chi connectivity index (χ1n) is 12.7. The highest BCUT2D eigenvalue weighted by Crippen LogP contribution is 2.54. The van der Waals surface area contributed by atoms with Gasteiger partial charge in [-0.2, -0.15) is 0 Å². The van der Waals surface area contributed by atoms with E-state index in [1.165, 1.54) is 13.2 Å². The molecule has 13 heteroatoms. The predicted octanol–water partition coefficient (Wildman–Crippen LogP) is 0.378. The zero-order chi connectivity index (χ0) is 28.7. The maximum Gasteiger partial charge on any atom is 0.208 e. The van der Waals surface area contributed by atoms with Crippen LogP contribution in [-0.4, -0.2) is 98.5 Å². The first-order valence-corrected chi connectivity index (χ1v) is 12.7. The molecule has 6 rings (SSSR count). The standard InChI is InChI=1S/C27H28O13/c1-27-4-3-13(37-26-23(35)22(34)25(36-2)15(8-28)38-26)24(40-27)18-14(39-27)7-11-17(21(18)33)20(32)16-10(19(11)31)5-9(29)6-12(16)30/h5-7,13,15,22-26,28-30,33-35H,3-4,8H2,1-2H3. The van der Waals surface area contributed by atoms with Crippen LogP contribution >= 0.6 is 0 Å². The molecule has 2 bridgehead atoms. The number of phenols is 3. The van der Waals surface area contributed by atoms with Gasteiger partial charge in [-0.15, -0.1) is 0 Å². The number of aromatic hydroxyl groups is 3. The highest BCUT2D eigenvalue weighted by molar-refractivity contribution is 6.30. The second-order valence-electron chi connectivity index (χ2n) is 10.5. The third kappa shape index (κ3) is 3.89. The molecule has 8 atom stereocenters. The lowest BCUT2D eigenvalue weighted by molar-refractivity contribution is -0.344. The van der Waals surface area contributed by atoms with Crippen molar-refractivity contribution in [2.45, 2.75) is 68.5 Å². The molecule has 2 aromatic carbocycles. The first-order chi connectivity index (χ1) is 19.0. The fourth-order valence-corrected chi connectivity index (χ4v) is 6.01. The minimum atomic E-state index is -1.55. The second-order valence-corrected chi connectivity index (χ2v) is 10.5. The van der Waals surface area contributed by atoms with Crippen LogP contribution in [0.2, 0.25) is 0 Å². The van der Waals surface area contributed by atoms with Crippen molar-refractivity contribution in [2.24, 2.45) is 0 Å². The Bertz CT molecular complexity index is 1400. The van der Waals surface area contributed by atoms with Gasteiger partial charge in [0.15, 0.2) is 12.1 Å². The molecule has 214 valence electrons. The number of hydrogen-bond donors (Lipinski definition) is 6. The van der Waals surface area contributed by atoms with Crippen molar-refractivity contribution in [1.29, 1.82) is 0 Å². The van der Waals surface area contributed by atoms with Crippen LogP contribution < -0.4 is 4.74 Å². The lowest BCUT2D eigenvalue weighted by Crippen LogP contribution is -2.61. The van der Waals surface area contributed by atoms with Crippen LogP contribution in [0.3, 0.4) is 0 Å². The lowest BCUT2D eigenvalue weighted by Gasteiger charge is -2.49. The minimum absolute atomic E-state index is 0.0168. The monoisotopic (exact) mass is 560 g/mol. The van der Waals surface area contributed by atoms with Gasteiger partial charge < -0.3 is 54.3 Å². The van der Waals surface area contributed by atoms with Gasteiger partial charge in [0, 0.05) is 37.6 Å². The summed E-state index contributed by atoms with van der Waals surface area (Å²) in [6.07, 6.45) is -7.77. The van der Waals surface area contributed by atoms with Crippen LogP contribution in [0.5, 0.6) is 23.0 Å². The number of aliphatic hydroxyl groups is 3. The summed E-state index contributed by atoms with van der Waals surface area (Å²) >= 11 is 0. The number of benzene rings is 2. The Balaban J connectivity index is 1.40. The number of phenolic OH excluding ortho intramolecular Hbond substituents is 3. The number of ketones is 2. The fourth-order valence-electron chi connectivity index (χ4n) is 6.01. The maximum absolute atomic E-state index is 13.5. The average Bonchev–Trinajstić information content (AvgIpc) is 2.90. The molecule has 0 radical (unpaired) electrons. The SMILES string of the molecule is COC1C(CO)OC(OC2CCC3(C)Oc4cc5c(c(O)c4C2O3)C(=O)c2c(O)cc(O)cc2C5=O)C(O)C1O. The maximum atomic E-state index is 13.5. The van der Waals surface area contributed by atoms with E-state index in [1.807, 2.05) is 0 Å². The third-order valence-electron chi connectivity index (χ3n) is 7.96. The van der Waals surface area contributed by atoms with Gasteiger partial charge in [-0.25, -0.2) is 0 Å². The third-order valence-corrected chi connectivity index (χ3v) is 7.96. The van der Waals surface area contributed by atoms with Crippen molar-refractivity contribution in [3.8, 4) is 23.0 Å². The van der Waals surface area contributed by atoms with Crippen molar-refractivity contribution in [2.75, 3.05) is 13.7 Å². The molecule has 0 amide bonds. The second kappa shape index (κ2) is 9.38. The van der Waals surface area contributed by atoms with Gasteiger partial charge in [0.25, 0.3) is 0 Å². The van der Waals surface area contributed by atoms with E-state index in [1.54, 1.807) is 6.92 Å². The number of carbonyl (C=O) groups excluding carboxylic acids is 2. The molecule has 3 aliphatic heterocycles. The molecule has 40 heavy (non-hydrogen) atoms. The largest absolute Gasteiger partial charge is 0.508 e. The number of hydrogen-bond acceptors (Lipinski definition) is 13. The van der Waals surface area contributed by atoms with Gasteiger partial charge in [-0.05, 0) is 18.6 Å². The highest BCUT2D eigenvalue weighted by atomic mass is 16.7. The molecule has 13 nitrogen and oxygen atoms in total. The summed E-state index contributed by atoms with van der Waals surface area (Å²) in [5.74, 6) is -4.30. The Morgan fingerprint density at radius 1 is 1.02 bits per heavy atom. The van der Waals surface area contributed by atoms with Crippen LogP contribution in [0.25, 0.3) is 0 Å². The van der Waals surface area contributed by atoms with Gasteiger partial charge in [-0.1, -0.05) is 0 Å². The van der Waals surface area contributed by atoms with Gasteiger partial charge >= 0.3 is 0 Å². The Hall–Kier alpha value is -3.30. The summed E-state index contributed by atoms with van der Waals surface area (Å²) in [5.41, 5.74) is -1.11. The van der Waals surface area contributed by atoms with Crippen molar-refractivity contribution >= 4 is 11.6 Å². The summed E-state index contributed by atoms with van der Waals surface area (Å²) in [6, 6.07) is 3.30. The average molecular weight is 561 g/mol. The Morgan fingerprint density at radius 3 is 2.45 bits per heavy atom. The number of aliphatic hydroxyl groups excluding tert-OH is 3. The van der Waals surface area contributed by atoms with E-state index >= 15 is 0 Å². The van der Waals surface area contributed by atoms with E-state index in [2.05, 4.69) is 0 Å². The molecule has 2 fully saturated rings. The topological polar surface area (TPSA) is 202 Å². The molecule has 8 unspecified atom stereocenters. The van der Waals surface area contributed by atoms with E-state index in [9.17, 15) is 40.2 Å². The van der Waals surface area contributed by atoms with E-state index in [0.29, 0.717) is 6.42 Å². The van der Waals surface area contributed by atoms with E-state index < -0.39 is 84.1 Å². The van der Waals surface area contributed by atoms with E-state index in [0.717, 1.165) is 12.1 Å². The molecule has 2 aromatic rings.